The summed E-state index contributed by atoms with van der Waals surface area (Å²) in [6.07, 6.45) is 1.69. The number of pyridine rings is 1. The van der Waals surface area contributed by atoms with Gasteiger partial charge in [-0.05, 0) is 38.5 Å². The van der Waals surface area contributed by atoms with Gasteiger partial charge in [0.2, 0.25) is 0 Å². The predicted molar refractivity (Wildman–Crippen MR) is 103 cm³/mol. The second-order valence-corrected chi connectivity index (χ2v) is 7.20. The fourth-order valence-electron chi connectivity index (χ4n) is 2.38. The first-order valence-corrected chi connectivity index (χ1v) is 9.18. The van der Waals surface area contributed by atoms with E-state index in [1.165, 1.54) is 16.9 Å². The van der Waals surface area contributed by atoms with Gasteiger partial charge >= 0.3 is 0 Å². The molecular weight excluding hydrogens is 346 g/mol. The first kappa shape index (κ1) is 18.1. The second-order valence-electron chi connectivity index (χ2n) is 6.11. The maximum absolute atomic E-state index is 12.4. The van der Waals surface area contributed by atoms with Crippen LogP contribution in [0.25, 0.3) is 0 Å². The molecule has 134 valence electrons. The molecule has 0 fully saturated rings. The Hall–Kier alpha value is -2.73. The highest BCUT2D eigenvalue weighted by Gasteiger charge is 2.15. The van der Waals surface area contributed by atoms with Gasteiger partial charge in [-0.25, -0.2) is 4.98 Å². The molecule has 3 rings (SSSR count). The van der Waals surface area contributed by atoms with Crippen molar-refractivity contribution in [3.63, 3.8) is 0 Å². The van der Waals surface area contributed by atoms with Crippen LogP contribution in [0.4, 0.5) is 0 Å². The van der Waals surface area contributed by atoms with Crippen LogP contribution in [-0.4, -0.2) is 15.9 Å². The Bertz CT molecular complexity index is 886. The molecule has 0 atom stereocenters. The summed E-state index contributed by atoms with van der Waals surface area (Å²) in [7, 11) is 0. The van der Waals surface area contributed by atoms with Gasteiger partial charge < -0.3 is 10.1 Å². The number of aromatic nitrogens is 2. The van der Waals surface area contributed by atoms with Crippen LogP contribution in [-0.2, 0) is 13.2 Å². The van der Waals surface area contributed by atoms with Gasteiger partial charge in [0.1, 0.15) is 22.2 Å². The molecule has 26 heavy (non-hydrogen) atoms. The van der Waals surface area contributed by atoms with Crippen molar-refractivity contribution in [2.45, 2.75) is 33.9 Å². The molecular formula is C20H21N3O2S. The van der Waals surface area contributed by atoms with Gasteiger partial charge in [-0.2, -0.15) is 0 Å². The smallest absolute Gasteiger partial charge is 0.263 e. The monoisotopic (exact) mass is 367 g/mol. The van der Waals surface area contributed by atoms with E-state index in [-0.39, 0.29) is 5.91 Å². The molecule has 6 heteroatoms. The number of hydrogen-bond donors (Lipinski definition) is 1. The third-order valence-electron chi connectivity index (χ3n) is 3.87. The number of amides is 1. The summed E-state index contributed by atoms with van der Waals surface area (Å²) < 4.78 is 5.69. The number of nitrogens with zero attached hydrogens (tertiary/aromatic N) is 2. The minimum Gasteiger partial charge on any atom is -0.485 e. The molecule has 0 saturated carbocycles. The molecule has 1 N–H and O–H groups in total. The van der Waals surface area contributed by atoms with Crippen molar-refractivity contribution in [1.82, 2.24) is 15.3 Å². The van der Waals surface area contributed by atoms with Gasteiger partial charge in [0, 0.05) is 12.2 Å². The zero-order chi connectivity index (χ0) is 18.5. The molecule has 0 bridgehead atoms. The number of ether oxygens (including phenoxy) is 1. The third kappa shape index (κ3) is 4.67. The number of carbonyl (C=O) groups is 1. The Balaban J connectivity index is 1.58. The normalized spacial score (nSPS) is 10.6. The average Bonchev–Trinajstić information content (AvgIpc) is 3.01. The Morgan fingerprint density at radius 1 is 1.12 bits per heavy atom. The van der Waals surface area contributed by atoms with Crippen LogP contribution in [0.5, 0.6) is 5.75 Å². The number of aryl methyl sites for hydroxylation is 3. The van der Waals surface area contributed by atoms with Gasteiger partial charge in [0.25, 0.3) is 5.91 Å². The number of hydrogen-bond acceptors (Lipinski definition) is 5. The maximum atomic E-state index is 12.4. The maximum Gasteiger partial charge on any atom is 0.263 e. The summed E-state index contributed by atoms with van der Waals surface area (Å²) >= 11 is 1.36. The van der Waals surface area contributed by atoms with Gasteiger partial charge in [-0.1, -0.05) is 29.8 Å². The van der Waals surface area contributed by atoms with E-state index in [0.29, 0.717) is 23.8 Å². The van der Waals surface area contributed by atoms with Crippen molar-refractivity contribution in [2.24, 2.45) is 0 Å². The van der Waals surface area contributed by atoms with Crippen LogP contribution in [0, 0.1) is 20.8 Å². The zero-order valence-electron chi connectivity index (χ0n) is 15.1. The van der Waals surface area contributed by atoms with E-state index < -0.39 is 0 Å². The third-order valence-corrected chi connectivity index (χ3v) is 5.00. The quantitative estimate of drug-likeness (QED) is 0.716. The van der Waals surface area contributed by atoms with Crippen LogP contribution in [0.3, 0.4) is 0 Å². The summed E-state index contributed by atoms with van der Waals surface area (Å²) in [5.41, 5.74) is 3.93. The van der Waals surface area contributed by atoms with Crippen molar-refractivity contribution in [2.75, 3.05) is 0 Å². The minimum atomic E-state index is -0.108. The summed E-state index contributed by atoms with van der Waals surface area (Å²) in [6, 6.07) is 11.9. The molecule has 2 heterocycles. The Kier molecular flexibility index (Phi) is 5.63. The Labute approximate surface area is 157 Å². The molecule has 5 nitrogen and oxygen atoms in total. The molecule has 0 unspecified atom stereocenters. The summed E-state index contributed by atoms with van der Waals surface area (Å²) in [5, 5.41) is 3.72. The molecule has 2 aromatic heterocycles. The molecule has 0 aliphatic heterocycles. The fourth-order valence-corrected chi connectivity index (χ4v) is 3.27. The lowest BCUT2D eigenvalue weighted by atomic mass is 10.1. The Morgan fingerprint density at radius 3 is 2.58 bits per heavy atom. The molecule has 0 aliphatic rings. The zero-order valence-corrected chi connectivity index (χ0v) is 15.9. The number of nitrogens with one attached hydrogen (secondary N) is 1. The summed E-state index contributed by atoms with van der Waals surface area (Å²) in [6.45, 7) is 6.63. The van der Waals surface area contributed by atoms with E-state index in [9.17, 15) is 4.79 Å². The number of rotatable bonds is 6. The summed E-state index contributed by atoms with van der Waals surface area (Å²) in [5.74, 6) is 0.581. The SMILES string of the molecule is Cc1ccc(CNC(=O)c2sc(COc3ccc(C)nc3)nc2C)cc1. The lowest BCUT2D eigenvalue weighted by Gasteiger charge is -2.05. The molecule has 0 saturated heterocycles. The molecule has 0 aliphatic carbocycles. The fraction of sp³-hybridized carbons (Fsp3) is 0.250. The van der Waals surface area contributed by atoms with E-state index in [1.807, 2.05) is 57.2 Å². The van der Waals surface area contributed by atoms with E-state index in [4.69, 9.17) is 4.74 Å². The molecule has 1 amide bonds. The lowest BCUT2D eigenvalue weighted by Crippen LogP contribution is -2.22. The highest BCUT2D eigenvalue weighted by Crippen LogP contribution is 2.20. The van der Waals surface area contributed by atoms with Gasteiger partial charge in [-0.15, -0.1) is 11.3 Å². The first-order valence-electron chi connectivity index (χ1n) is 8.37. The number of carbonyl (C=O) groups excluding carboxylic acids is 1. The molecule has 0 spiro atoms. The highest BCUT2D eigenvalue weighted by atomic mass is 32.1. The van der Waals surface area contributed by atoms with E-state index >= 15 is 0 Å². The van der Waals surface area contributed by atoms with Crippen LogP contribution >= 0.6 is 11.3 Å². The first-order chi connectivity index (χ1) is 12.5. The van der Waals surface area contributed by atoms with Crippen molar-refractivity contribution in [3.05, 3.63) is 75.0 Å². The van der Waals surface area contributed by atoms with Crippen molar-refractivity contribution in [1.29, 1.82) is 0 Å². The van der Waals surface area contributed by atoms with Crippen LogP contribution in [0.1, 0.15) is 37.2 Å². The molecule has 0 radical (unpaired) electrons. The molecule has 3 aromatic rings. The standard InChI is InChI=1S/C20H21N3O2S/c1-13-4-7-16(8-5-13)10-22-20(24)19-15(3)23-18(26-19)12-25-17-9-6-14(2)21-11-17/h4-9,11H,10,12H2,1-3H3,(H,22,24). The van der Waals surface area contributed by atoms with Crippen molar-refractivity contribution in [3.8, 4) is 5.75 Å². The largest absolute Gasteiger partial charge is 0.485 e. The van der Waals surface area contributed by atoms with Crippen LogP contribution in [0.15, 0.2) is 42.6 Å². The second kappa shape index (κ2) is 8.10. The lowest BCUT2D eigenvalue weighted by molar-refractivity contribution is 0.0954. The number of thiazole rings is 1. The van der Waals surface area contributed by atoms with E-state index in [0.717, 1.165) is 22.0 Å². The van der Waals surface area contributed by atoms with Crippen molar-refractivity contribution < 1.29 is 9.53 Å². The minimum absolute atomic E-state index is 0.108. The van der Waals surface area contributed by atoms with Gasteiger partial charge in [0.05, 0.1) is 11.9 Å². The number of benzene rings is 1. The highest BCUT2D eigenvalue weighted by molar-refractivity contribution is 7.13. The van der Waals surface area contributed by atoms with E-state index in [1.54, 1.807) is 6.20 Å². The van der Waals surface area contributed by atoms with Gasteiger partial charge in [0.15, 0.2) is 0 Å². The van der Waals surface area contributed by atoms with Gasteiger partial charge in [-0.3, -0.25) is 9.78 Å². The predicted octanol–water partition coefficient (Wildman–Crippen LogP) is 3.97. The Morgan fingerprint density at radius 2 is 1.88 bits per heavy atom. The topological polar surface area (TPSA) is 64.1 Å². The van der Waals surface area contributed by atoms with Crippen LogP contribution < -0.4 is 10.1 Å². The van der Waals surface area contributed by atoms with Crippen LogP contribution in [0.2, 0.25) is 0 Å². The summed E-state index contributed by atoms with van der Waals surface area (Å²) in [4.78, 5) is 21.7. The average molecular weight is 367 g/mol. The molecule has 1 aromatic carbocycles. The van der Waals surface area contributed by atoms with E-state index in [2.05, 4.69) is 15.3 Å². The van der Waals surface area contributed by atoms with Crippen molar-refractivity contribution >= 4 is 17.2 Å².